The molecule has 0 saturated heterocycles. The average molecular weight is 242 g/mol. The van der Waals surface area contributed by atoms with Crippen molar-refractivity contribution in [2.75, 3.05) is 5.33 Å². The summed E-state index contributed by atoms with van der Waals surface area (Å²) in [5, 5.41) is 9.84. The van der Waals surface area contributed by atoms with E-state index in [-0.39, 0.29) is 6.61 Å². The summed E-state index contributed by atoms with van der Waals surface area (Å²) in [5.41, 5.74) is 1.79. The van der Waals surface area contributed by atoms with E-state index < -0.39 is 0 Å². The number of aromatic nitrogens is 1. The van der Waals surface area contributed by atoms with E-state index in [1.807, 2.05) is 18.2 Å². The summed E-state index contributed by atoms with van der Waals surface area (Å²) in [6.07, 6.45) is 6.71. The monoisotopic (exact) mass is 241 g/mol. The van der Waals surface area contributed by atoms with Gasteiger partial charge in [-0.1, -0.05) is 22.0 Å². The van der Waals surface area contributed by atoms with Crippen LogP contribution >= 0.6 is 15.9 Å². The van der Waals surface area contributed by atoms with Crippen LogP contribution in [-0.4, -0.2) is 15.4 Å². The van der Waals surface area contributed by atoms with Gasteiger partial charge < -0.3 is 5.11 Å². The SMILES string of the molecule is OCc1ccnc(C=CCCBr)c1. The van der Waals surface area contributed by atoms with Gasteiger partial charge in [0.05, 0.1) is 12.3 Å². The molecule has 0 fully saturated rings. The molecule has 0 unspecified atom stereocenters. The van der Waals surface area contributed by atoms with Crippen LogP contribution in [0.1, 0.15) is 17.7 Å². The highest BCUT2D eigenvalue weighted by atomic mass is 79.9. The Morgan fingerprint density at radius 2 is 2.38 bits per heavy atom. The minimum atomic E-state index is 0.0712. The quantitative estimate of drug-likeness (QED) is 0.822. The molecular weight excluding hydrogens is 230 g/mol. The summed E-state index contributed by atoms with van der Waals surface area (Å²) >= 11 is 3.34. The number of aliphatic hydroxyl groups excluding tert-OH is 1. The Labute approximate surface area is 86.4 Å². The number of pyridine rings is 1. The molecule has 1 aromatic rings. The molecule has 2 nitrogen and oxygen atoms in total. The zero-order chi connectivity index (χ0) is 9.52. The van der Waals surface area contributed by atoms with E-state index in [2.05, 4.69) is 27.0 Å². The molecule has 1 rings (SSSR count). The van der Waals surface area contributed by atoms with Crippen molar-refractivity contribution in [3.8, 4) is 0 Å². The third-order valence-corrected chi connectivity index (χ3v) is 2.05. The van der Waals surface area contributed by atoms with E-state index >= 15 is 0 Å². The Morgan fingerprint density at radius 3 is 3.08 bits per heavy atom. The molecule has 0 bridgehead atoms. The molecule has 70 valence electrons. The minimum absolute atomic E-state index is 0.0712. The predicted octanol–water partition coefficient (Wildman–Crippen LogP) is 2.37. The van der Waals surface area contributed by atoms with Crippen LogP contribution < -0.4 is 0 Å². The second kappa shape index (κ2) is 5.89. The Balaban J connectivity index is 2.66. The topological polar surface area (TPSA) is 33.1 Å². The van der Waals surface area contributed by atoms with Crippen molar-refractivity contribution in [2.45, 2.75) is 13.0 Å². The number of halogens is 1. The van der Waals surface area contributed by atoms with Gasteiger partial charge in [0.2, 0.25) is 0 Å². The Morgan fingerprint density at radius 1 is 1.54 bits per heavy atom. The summed E-state index contributed by atoms with van der Waals surface area (Å²) in [6, 6.07) is 3.69. The Hall–Kier alpha value is -0.670. The maximum Gasteiger partial charge on any atom is 0.0683 e. The fourth-order valence-corrected chi connectivity index (χ4v) is 1.22. The zero-order valence-corrected chi connectivity index (χ0v) is 8.87. The number of allylic oxidation sites excluding steroid dienone is 1. The van der Waals surface area contributed by atoms with Gasteiger partial charge in [-0.2, -0.15) is 0 Å². The largest absolute Gasteiger partial charge is 0.392 e. The summed E-state index contributed by atoms with van der Waals surface area (Å²) in [4.78, 5) is 4.15. The van der Waals surface area contributed by atoms with Gasteiger partial charge in [0, 0.05) is 11.5 Å². The van der Waals surface area contributed by atoms with Crippen LogP contribution in [0, 0.1) is 0 Å². The fourth-order valence-electron chi connectivity index (χ4n) is 0.951. The average Bonchev–Trinajstić information content (AvgIpc) is 2.19. The normalized spacial score (nSPS) is 10.9. The van der Waals surface area contributed by atoms with E-state index in [9.17, 15) is 0 Å². The molecule has 0 saturated carbocycles. The van der Waals surface area contributed by atoms with Crippen LogP contribution in [0.4, 0.5) is 0 Å². The Bertz CT molecular complexity index is 286. The van der Waals surface area contributed by atoms with Crippen molar-refractivity contribution >= 4 is 22.0 Å². The molecule has 0 aromatic carbocycles. The molecule has 0 atom stereocenters. The summed E-state index contributed by atoms with van der Waals surface area (Å²) in [7, 11) is 0. The summed E-state index contributed by atoms with van der Waals surface area (Å²) in [6.45, 7) is 0.0712. The van der Waals surface area contributed by atoms with Crippen LogP contribution in [0.5, 0.6) is 0 Å². The van der Waals surface area contributed by atoms with Gasteiger partial charge in [0.25, 0.3) is 0 Å². The van der Waals surface area contributed by atoms with Crippen molar-refractivity contribution in [3.05, 3.63) is 35.7 Å². The van der Waals surface area contributed by atoms with Crippen molar-refractivity contribution in [2.24, 2.45) is 0 Å². The van der Waals surface area contributed by atoms with Gasteiger partial charge in [-0.25, -0.2) is 0 Å². The molecule has 1 N–H and O–H groups in total. The van der Waals surface area contributed by atoms with Gasteiger partial charge in [-0.05, 0) is 30.2 Å². The third kappa shape index (κ3) is 3.70. The molecule has 1 heterocycles. The molecule has 0 aliphatic heterocycles. The highest BCUT2D eigenvalue weighted by Crippen LogP contribution is 2.04. The number of nitrogens with zero attached hydrogens (tertiary/aromatic N) is 1. The lowest BCUT2D eigenvalue weighted by atomic mass is 10.2. The fraction of sp³-hybridized carbons (Fsp3) is 0.300. The van der Waals surface area contributed by atoms with Crippen molar-refractivity contribution < 1.29 is 5.11 Å². The van der Waals surface area contributed by atoms with Crippen molar-refractivity contribution in [3.63, 3.8) is 0 Å². The van der Waals surface area contributed by atoms with Crippen LogP contribution in [-0.2, 0) is 6.61 Å². The van der Waals surface area contributed by atoms with Crippen molar-refractivity contribution in [1.29, 1.82) is 0 Å². The molecule has 0 radical (unpaired) electrons. The van der Waals surface area contributed by atoms with Gasteiger partial charge in [-0.15, -0.1) is 0 Å². The predicted molar refractivity (Wildman–Crippen MR) is 57.6 cm³/mol. The smallest absolute Gasteiger partial charge is 0.0683 e. The zero-order valence-electron chi connectivity index (χ0n) is 7.28. The molecule has 0 aliphatic carbocycles. The molecule has 0 spiro atoms. The number of aliphatic hydroxyl groups is 1. The lowest BCUT2D eigenvalue weighted by Crippen LogP contribution is -1.86. The van der Waals surface area contributed by atoms with Crippen molar-refractivity contribution in [1.82, 2.24) is 4.98 Å². The second-order valence-corrected chi connectivity index (χ2v) is 3.42. The van der Waals surface area contributed by atoms with Crippen LogP contribution in [0.15, 0.2) is 24.4 Å². The number of hydrogen-bond donors (Lipinski definition) is 1. The van der Waals surface area contributed by atoms with E-state index in [0.717, 1.165) is 23.0 Å². The molecular formula is C10H12BrNO. The second-order valence-electron chi connectivity index (χ2n) is 2.63. The molecule has 3 heteroatoms. The summed E-state index contributed by atoms with van der Waals surface area (Å²) < 4.78 is 0. The van der Waals surface area contributed by atoms with Gasteiger partial charge >= 0.3 is 0 Å². The highest BCUT2D eigenvalue weighted by Gasteiger charge is 1.91. The van der Waals surface area contributed by atoms with E-state index in [0.29, 0.717) is 0 Å². The number of alkyl halides is 1. The third-order valence-electron chi connectivity index (χ3n) is 1.59. The first-order valence-corrected chi connectivity index (χ1v) is 5.27. The lowest BCUT2D eigenvalue weighted by Gasteiger charge is -1.96. The number of hydrogen-bond acceptors (Lipinski definition) is 2. The molecule has 13 heavy (non-hydrogen) atoms. The van der Waals surface area contributed by atoms with E-state index in [4.69, 9.17) is 5.11 Å². The summed E-state index contributed by atoms with van der Waals surface area (Å²) in [5.74, 6) is 0. The maximum absolute atomic E-state index is 8.87. The first-order valence-electron chi connectivity index (χ1n) is 4.15. The van der Waals surface area contributed by atoms with Crippen LogP contribution in [0.2, 0.25) is 0 Å². The first-order chi connectivity index (χ1) is 6.36. The number of rotatable bonds is 4. The highest BCUT2D eigenvalue weighted by molar-refractivity contribution is 9.09. The van der Waals surface area contributed by atoms with E-state index in [1.54, 1.807) is 6.20 Å². The molecule has 1 aromatic heterocycles. The molecule has 0 aliphatic rings. The first kappa shape index (κ1) is 10.4. The minimum Gasteiger partial charge on any atom is -0.392 e. The van der Waals surface area contributed by atoms with Gasteiger partial charge in [0.15, 0.2) is 0 Å². The van der Waals surface area contributed by atoms with Gasteiger partial charge in [0.1, 0.15) is 0 Å². The maximum atomic E-state index is 8.87. The van der Waals surface area contributed by atoms with E-state index in [1.165, 1.54) is 0 Å². The van der Waals surface area contributed by atoms with Crippen LogP contribution in [0.3, 0.4) is 0 Å². The van der Waals surface area contributed by atoms with Crippen LogP contribution in [0.25, 0.3) is 6.08 Å². The van der Waals surface area contributed by atoms with Gasteiger partial charge in [-0.3, -0.25) is 4.98 Å². The Kier molecular flexibility index (Phi) is 4.72. The standard InChI is InChI=1S/C10H12BrNO/c11-5-2-1-3-10-7-9(8-13)4-6-12-10/h1,3-4,6-7,13H,2,5,8H2. The lowest BCUT2D eigenvalue weighted by molar-refractivity contribution is 0.281. The molecule has 0 amide bonds.